The lowest BCUT2D eigenvalue weighted by atomic mass is 9.96. The minimum Gasteiger partial charge on any atom is -0.374 e. The Balaban J connectivity index is 1.73. The second-order valence-corrected chi connectivity index (χ2v) is 8.19. The molecule has 0 N–H and O–H groups in total. The summed E-state index contributed by atoms with van der Waals surface area (Å²) < 4.78 is 30.6. The van der Waals surface area contributed by atoms with Crippen molar-refractivity contribution < 1.29 is 23.7 Å². The molecule has 0 aliphatic carbocycles. The van der Waals surface area contributed by atoms with Gasteiger partial charge < -0.3 is 23.7 Å². The van der Waals surface area contributed by atoms with Crippen molar-refractivity contribution in [2.75, 3.05) is 20.3 Å². The number of ether oxygens (including phenoxy) is 5. The molecule has 176 valence electrons. The summed E-state index contributed by atoms with van der Waals surface area (Å²) in [5.41, 5.74) is 2.17. The molecule has 0 amide bonds. The largest absolute Gasteiger partial charge is 0.374 e. The molecule has 0 radical (unpaired) electrons. The summed E-state index contributed by atoms with van der Waals surface area (Å²) in [6, 6.07) is 20.1. The standard InChI is InChI=1S/C28H34O5/c1-5-6-13-22(2)18-30-21-25-26(31-19-23-14-9-7-10-15-23)28(3,27(29-4)33-25)32-20-24-16-11-8-12-17-24/h5-17,25-27H,1-2,18-21H2,3-4H3/b13-6-/t25-,26-,27?,28-/m1/s1. The van der Waals surface area contributed by atoms with Crippen LogP contribution in [0.2, 0.25) is 0 Å². The van der Waals surface area contributed by atoms with Crippen LogP contribution >= 0.6 is 0 Å². The zero-order valence-electron chi connectivity index (χ0n) is 19.5. The summed E-state index contributed by atoms with van der Waals surface area (Å²) in [5.74, 6) is 0. The van der Waals surface area contributed by atoms with E-state index in [1.54, 1.807) is 13.2 Å². The molecular formula is C28H34O5. The summed E-state index contributed by atoms with van der Waals surface area (Å²) in [4.78, 5) is 0. The highest BCUT2D eigenvalue weighted by molar-refractivity contribution is 5.18. The Morgan fingerprint density at radius 3 is 2.27 bits per heavy atom. The van der Waals surface area contributed by atoms with E-state index in [0.29, 0.717) is 26.4 Å². The summed E-state index contributed by atoms with van der Waals surface area (Å²) in [6.45, 7) is 11.2. The van der Waals surface area contributed by atoms with Crippen LogP contribution in [0.5, 0.6) is 0 Å². The maximum Gasteiger partial charge on any atom is 0.189 e. The van der Waals surface area contributed by atoms with Crippen molar-refractivity contribution in [2.24, 2.45) is 0 Å². The van der Waals surface area contributed by atoms with Crippen molar-refractivity contribution in [1.29, 1.82) is 0 Å². The second-order valence-electron chi connectivity index (χ2n) is 8.19. The molecule has 5 heteroatoms. The van der Waals surface area contributed by atoms with Crippen molar-refractivity contribution in [3.05, 3.63) is 109 Å². The van der Waals surface area contributed by atoms with Crippen LogP contribution < -0.4 is 0 Å². The Hall–Kier alpha value is -2.54. The van der Waals surface area contributed by atoms with Crippen LogP contribution in [0.15, 0.2) is 97.6 Å². The molecule has 1 fully saturated rings. The molecule has 0 saturated carbocycles. The lowest BCUT2D eigenvalue weighted by Gasteiger charge is -2.34. The van der Waals surface area contributed by atoms with E-state index in [-0.39, 0.29) is 6.10 Å². The molecule has 1 aliphatic heterocycles. The summed E-state index contributed by atoms with van der Waals surface area (Å²) >= 11 is 0. The topological polar surface area (TPSA) is 46.2 Å². The van der Waals surface area contributed by atoms with Crippen molar-refractivity contribution in [1.82, 2.24) is 0 Å². The second kappa shape index (κ2) is 12.6. The Kier molecular flexibility index (Phi) is 9.61. The Morgan fingerprint density at radius 2 is 1.67 bits per heavy atom. The van der Waals surface area contributed by atoms with Gasteiger partial charge in [0.05, 0.1) is 26.4 Å². The molecule has 4 atom stereocenters. The number of rotatable bonds is 13. The highest BCUT2D eigenvalue weighted by atomic mass is 16.7. The third-order valence-corrected chi connectivity index (χ3v) is 5.59. The van der Waals surface area contributed by atoms with Gasteiger partial charge in [-0.05, 0) is 23.6 Å². The lowest BCUT2D eigenvalue weighted by molar-refractivity contribution is -0.216. The highest BCUT2D eigenvalue weighted by Gasteiger charge is 2.56. The molecule has 2 aromatic rings. The SMILES string of the molecule is C=C/C=C\C(=C)COC[C@H]1OC(OC)[C@](C)(OCc2ccccc2)[C@@H]1OCc1ccccc1. The van der Waals surface area contributed by atoms with Crippen LogP contribution in [0.4, 0.5) is 0 Å². The molecule has 1 unspecified atom stereocenters. The molecule has 1 saturated heterocycles. The van der Waals surface area contributed by atoms with Gasteiger partial charge in [0.25, 0.3) is 0 Å². The van der Waals surface area contributed by atoms with Crippen molar-refractivity contribution in [3.8, 4) is 0 Å². The fourth-order valence-corrected chi connectivity index (χ4v) is 3.84. The molecule has 1 aliphatic rings. The molecule has 33 heavy (non-hydrogen) atoms. The van der Waals surface area contributed by atoms with E-state index in [4.69, 9.17) is 23.7 Å². The Bertz CT molecular complexity index is 895. The minimum absolute atomic E-state index is 0.324. The normalized spacial score (nSPS) is 24.8. The van der Waals surface area contributed by atoms with E-state index in [1.807, 2.05) is 79.7 Å². The van der Waals surface area contributed by atoms with E-state index in [2.05, 4.69) is 13.2 Å². The van der Waals surface area contributed by atoms with Crippen molar-refractivity contribution in [3.63, 3.8) is 0 Å². The first-order chi connectivity index (χ1) is 16.1. The fraction of sp³-hybridized carbons (Fsp3) is 0.357. The first-order valence-corrected chi connectivity index (χ1v) is 11.1. The average molecular weight is 451 g/mol. The number of hydrogen-bond donors (Lipinski definition) is 0. The number of allylic oxidation sites excluding steroid dienone is 2. The summed E-state index contributed by atoms with van der Waals surface area (Å²) in [5, 5.41) is 0. The molecule has 0 spiro atoms. The lowest BCUT2D eigenvalue weighted by Crippen LogP contribution is -2.50. The Morgan fingerprint density at radius 1 is 1.03 bits per heavy atom. The molecule has 1 heterocycles. The monoisotopic (exact) mass is 450 g/mol. The van der Waals surface area contributed by atoms with Gasteiger partial charge >= 0.3 is 0 Å². The van der Waals surface area contributed by atoms with Crippen molar-refractivity contribution in [2.45, 2.75) is 44.2 Å². The van der Waals surface area contributed by atoms with Gasteiger partial charge in [-0.15, -0.1) is 0 Å². The first-order valence-electron chi connectivity index (χ1n) is 11.1. The number of benzene rings is 2. The fourth-order valence-electron chi connectivity index (χ4n) is 3.84. The van der Waals surface area contributed by atoms with Gasteiger partial charge in [-0.3, -0.25) is 0 Å². The van der Waals surface area contributed by atoms with E-state index in [1.165, 1.54) is 0 Å². The van der Waals surface area contributed by atoms with E-state index in [0.717, 1.165) is 16.7 Å². The van der Waals surface area contributed by atoms with Crippen LogP contribution in [-0.4, -0.2) is 44.4 Å². The van der Waals surface area contributed by atoms with Gasteiger partial charge in [0.15, 0.2) is 6.29 Å². The van der Waals surface area contributed by atoms with Crippen LogP contribution in [0.1, 0.15) is 18.1 Å². The number of hydrogen-bond acceptors (Lipinski definition) is 5. The maximum atomic E-state index is 6.42. The van der Waals surface area contributed by atoms with Crippen LogP contribution in [0.3, 0.4) is 0 Å². The molecule has 0 aromatic heterocycles. The Labute approximate surface area is 197 Å². The van der Waals surface area contributed by atoms with Gasteiger partial charge in [-0.2, -0.15) is 0 Å². The molecule has 2 aromatic carbocycles. The van der Waals surface area contributed by atoms with Gasteiger partial charge in [-0.25, -0.2) is 0 Å². The van der Waals surface area contributed by atoms with Gasteiger partial charge in [0, 0.05) is 7.11 Å². The predicted molar refractivity (Wildman–Crippen MR) is 130 cm³/mol. The average Bonchev–Trinajstić information content (AvgIpc) is 3.12. The third-order valence-electron chi connectivity index (χ3n) is 5.59. The van der Waals surface area contributed by atoms with Gasteiger partial charge in [0.2, 0.25) is 0 Å². The number of methoxy groups -OCH3 is 1. The molecular weight excluding hydrogens is 416 g/mol. The van der Waals surface area contributed by atoms with Crippen LogP contribution in [0.25, 0.3) is 0 Å². The molecule has 0 bridgehead atoms. The predicted octanol–water partition coefficient (Wildman–Crippen LogP) is 5.23. The highest BCUT2D eigenvalue weighted by Crippen LogP contribution is 2.38. The first kappa shape index (κ1) is 25.1. The van der Waals surface area contributed by atoms with E-state index < -0.39 is 18.0 Å². The van der Waals surface area contributed by atoms with Crippen LogP contribution in [-0.2, 0) is 36.9 Å². The van der Waals surface area contributed by atoms with Gasteiger partial charge in [-0.1, -0.05) is 92.0 Å². The van der Waals surface area contributed by atoms with E-state index in [9.17, 15) is 0 Å². The third kappa shape index (κ3) is 6.97. The quantitative estimate of drug-likeness (QED) is 0.391. The molecule has 3 rings (SSSR count). The maximum absolute atomic E-state index is 6.42. The summed E-state index contributed by atoms with van der Waals surface area (Å²) in [7, 11) is 1.62. The van der Waals surface area contributed by atoms with Crippen molar-refractivity contribution >= 4 is 0 Å². The van der Waals surface area contributed by atoms with Gasteiger partial charge in [0.1, 0.15) is 17.8 Å². The molecule has 5 nitrogen and oxygen atoms in total. The smallest absolute Gasteiger partial charge is 0.189 e. The van der Waals surface area contributed by atoms with E-state index >= 15 is 0 Å². The zero-order valence-corrected chi connectivity index (χ0v) is 19.5. The summed E-state index contributed by atoms with van der Waals surface area (Å²) in [6.07, 6.45) is 4.05. The minimum atomic E-state index is -0.826. The van der Waals surface area contributed by atoms with Crippen LogP contribution in [0, 0.1) is 0 Å². The zero-order chi connectivity index (χ0) is 23.5.